The molecule has 2 nitrogen and oxygen atoms in total. The smallest absolute Gasteiger partial charge is 0.0741 e. The van der Waals surface area contributed by atoms with Gasteiger partial charge < -0.3 is 10.1 Å². The Balaban J connectivity index is 2.64. The van der Waals surface area contributed by atoms with Crippen LogP contribution in [0.25, 0.3) is 0 Å². The lowest BCUT2D eigenvalue weighted by molar-refractivity contribution is 0.106. The van der Waals surface area contributed by atoms with Gasteiger partial charge in [-0.1, -0.05) is 23.7 Å². The molecule has 2 atom stereocenters. The quantitative estimate of drug-likeness (QED) is 0.830. The first-order valence-electron chi connectivity index (χ1n) is 4.69. The molecule has 0 spiro atoms. The summed E-state index contributed by atoms with van der Waals surface area (Å²) in [7, 11) is 1.70. The van der Waals surface area contributed by atoms with Crippen LogP contribution in [0.15, 0.2) is 24.3 Å². The van der Waals surface area contributed by atoms with Crippen LogP contribution in [0.3, 0.4) is 0 Å². The molecule has 0 aliphatic rings. The lowest BCUT2D eigenvalue weighted by Crippen LogP contribution is -2.29. The Morgan fingerprint density at radius 3 is 2.50 bits per heavy atom. The Morgan fingerprint density at radius 1 is 1.29 bits per heavy atom. The molecule has 0 bridgehead atoms. The lowest BCUT2D eigenvalue weighted by Gasteiger charge is -2.21. The molecule has 0 heterocycles. The third-order valence-electron chi connectivity index (χ3n) is 2.33. The van der Waals surface area contributed by atoms with Gasteiger partial charge in [0.25, 0.3) is 0 Å². The van der Waals surface area contributed by atoms with E-state index in [1.165, 1.54) is 0 Å². The summed E-state index contributed by atoms with van der Waals surface area (Å²) in [6.07, 6.45) is 0.159. The van der Waals surface area contributed by atoms with Crippen molar-refractivity contribution in [2.24, 2.45) is 0 Å². The number of hydrogen-bond donors (Lipinski definition) is 1. The van der Waals surface area contributed by atoms with E-state index >= 15 is 0 Å². The number of nitrogens with one attached hydrogen (secondary N) is 1. The minimum atomic E-state index is 0.159. The largest absolute Gasteiger partial charge is 0.380 e. The molecule has 0 amide bonds. The number of para-hydroxylation sites is 1. The highest BCUT2D eigenvalue weighted by molar-refractivity contribution is 6.33. The first kappa shape index (κ1) is 11.3. The van der Waals surface area contributed by atoms with E-state index in [4.69, 9.17) is 16.3 Å². The van der Waals surface area contributed by atoms with Crippen LogP contribution in [0, 0.1) is 0 Å². The summed E-state index contributed by atoms with van der Waals surface area (Å²) >= 11 is 6.01. The summed E-state index contributed by atoms with van der Waals surface area (Å²) in [6, 6.07) is 7.94. The Kier molecular flexibility index (Phi) is 4.23. The van der Waals surface area contributed by atoms with Crippen molar-refractivity contribution in [2.75, 3.05) is 12.4 Å². The van der Waals surface area contributed by atoms with Gasteiger partial charge >= 0.3 is 0 Å². The molecule has 0 aliphatic heterocycles. The summed E-state index contributed by atoms with van der Waals surface area (Å²) in [5.74, 6) is 0. The van der Waals surface area contributed by atoms with Crippen molar-refractivity contribution in [1.82, 2.24) is 0 Å². The summed E-state index contributed by atoms with van der Waals surface area (Å²) in [5.41, 5.74) is 0.950. The monoisotopic (exact) mass is 213 g/mol. The van der Waals surface area contributed by atoms with Crippen molar-refractivity contribution in [3.63, 3.8) is 0 Å². The first-order valence-corrected chi connectivity index (χ1v) is 5.06. The molecule has 78 valence electrons. The van der Waals surface area contributed by atoms with Crippen LogP contribution in [0.5, 0.6) is 0 Å². The second kappa shape index (κ2) is 5.23. The number of rotatable bonds is 4. The van der Waals surface area contributed by atoms with Crippen molar-refractivity contribution >= 4 is 17.3 Å². The predicted octanol–water partition coefficient (Wildman–Crippen LogP) is 3.18. The van der Waals surface area contributed by atoms with E-state index in [9.17, 15) is 0 Å². The zero-order valence-corrected chi connectivity index (χ0v) is 9.51. The van der Waals surface area contributed by atoms with Crippen molar-refractivity contribution in [2.45, 2.75) is 26.0 Å². The van der Waals surface area contributed by atoms with E-state index in [0.29, 0.717) is 0 Å². The molecule has 3 heteroatoms. The van der Waals surface area contributed by atoms with Crippen LogP contribution >= 0.6 is 11.6 Å². The molecule has 0 fully saturated rings. The standard InChI is InChI=1S/C11H16ClNO/c1-8(9(2)14-3)13-11-7-5-4-6-10(11)12/h4-9,13H,1-3H3. The fourth-order valence-electron chi connectivity index (χ4n) is 1.15. The molecule has 1 aromatic rings. The van der Waals surface area contributed by atoms with E-state index in [1.54, 1.807) is 7.11 Å². The van der Waals surface area contributed by atoms with Gasteiger partial charge in [0, 0.05) is 13.2 Å². The third-order valence-corrected chi connectivity index (χ3v) is 2.66. The van der Waals surface area contributed by atoms with Crippen LogP contribution in [0.1, 0.15) is 13.8 Å². The lowest BCUT2D eigenvalue weighted by atomic mass is 10.2. The van der Waals surface area contributed by atoms with Crippen molar-refractivity contribution in [1.29, 1.82) is 0 Å². The minimum Gasteiger partial charge on any atom is -0.380 e. The zero-order valence-electron chi connectivity index (χ0n) is 8.75. The average Bonchev–Trinajstić information content (AvgIpc) is 2.20. The second-order valence-electron chi connectivity index (χ2n) is 3.35. The highest BCUT2D eigenvalue weighted by Gasteiger charge is 2.11. The summed E-state index contributed by atoms with van der Waals surface area (Å²) in [5, 5.41) is 4.04. The Morgan fingerprint density at radius 2 is 1.93 bits per heavy atom. The Bertz CT molecular complexity index is 290. The first-order chi connectivity index (χ1) is 6.65. The van der Waals surface area contributed by atoms with Crippen LogP contribution in [-0.2, 0) is 4.74 Å². The highest BCUT2D eigenvalue weighted by Crippen LogP contribution is 2.21. The van der Waals surface area contributed by atoms with Crippen molar-refractivity contribution in [3.8, 4) is 0 Å². The second-order valence-corrected chi connectivity index (χ2v) is 3.76. The van der Waals surface area contributed by atoms with Gasteiger partial charge in [-0.25, -0.2) is 0 Å². The summed E-state index contributed by atoms with van der Waals surface area (Å²) < 4.78 is 5.22. The fraction of sp³-hybridized carbons (Fsp3) is 0.455. The number of anilines is 1. The van der Waals surface area contributed by atoms with E-state index in [2.05, 4.69) is 12.2 Å². The van der Waals surface area contributed by atoms with Gasteiger partial charge in [-0.3, -0.25) is 0 Å². The average molecular weight is 214 g/mol. The van der Waals surface area contributed by atoms with Gasteiger partial charge in [-0.2, -0.15) is 0 Å². The SMILES string of the molecule is COC(C)C(C)Nc1ccccc1Cl. The molecule has 2 unspecified atom stereocenters. The highest BCUT2D eigenvalue weighted by atomic mass is 35.5. The van der Waals surface area contributed by atoms with Gasteiger partial charge in [0.15, 0.2) is 0 Å². The van der Waals surface area contributed by atoms with E-state index in [-0.39, 0.29) is 12.1 Å². The Hall–Kier alpha value is -0.730. The molecule has 0 aromatic heterocycles. The summed E-state index contributed by atoms with van der Waals surface area (Å²) in [6.45, 7) is 4.09. The Labute approximate surface area is 90.2 Å². The van der Waals surface area contributed by atoms with Crippen molar-refractivity contribution in [3.05, 3.63) is 29.3 Å². The molecular formula is C11H16ClNO. The minimum absolute atomic E-state index is 0.159. The molecule has 1 rings (SSSR count). The maximum Gasteiger partial charge on any atom is 0.0741 e. The van der Waals surface area contributed by atoms with Crippen LogP contribution in [0.4, 0.5) is 5.69 Å². The van der Waals surface area contributed by atoms with Gasteiger partial charge in [-0.15, -0.1) is 0 Å². The van der Waals surface area contributed by atoms with Crippen LogP contribution in [0.2, 0.25) is 5.02 Å². The summed E-state index contributed by atoms with van der Waals surface area (Å²) in [4.78, 5) is 0. The molecule has 1 N–H and O–H groups in total. The molecule has 0 aliphatic carbocycles. The van der Waals surface area contributed by atoms with Gasteiger partial charge in [0.05, 0.1) is 16.8 Å². The maximum absolute atomic E-state index is 6.01. The third kappa shape index (κ3) is 2.89. The van der Waals surface area contributed by atoms with Crippen LogP contribution in [-0.4, -0.2) is 19.3 Å². The maximum atomic E-state index is 6.01. The number of benzene rings is 1. The van der Waals surface area contributed by atoms with Gasteiger partial charge in [-0.05, 0) is 26.0 Å². The van der Waals surface area contributed by atoms with Gasteiger partial charge in [0.1, 0.15) is 0 Å². The molecule has 0 radical (unpaired) electrons. The van der Waals surface area contributed by atoms with Crippen LogP contribution < -0.4 is 5.32 Å². The number of ether oxygens (including phenoxy) is 1. The van der Waals surface area contributed by atoms with E-state index in [1.807, 2.05) is 31.2 Å². The fourth-order valence-corrected chi connectivity index (χ4v) is 1.34. The number of hydrogen-bond acceptors (Lipinski definition) is 2. The molecule has 1 aromatic carbocycles. The van der Waals surface area contributed by atoms with Gasteiger partial charge in [0.2, 0.25) is 0 Å². The molecule has 0 saturated heterocycles. The molecular weight excluding hydrogens is 198 g/mol. The van der Waals surface area contributed by atoms with Crippen molar-refractivity contribution < 1.29 is 4.74 Å². The number of methoxy groups -OCH3 is 1. The zero-order chi connectivity index (χ0) is 10.6. The van der Waals surface area contributed by atoms with E-state index < -0.39 is 0 Å². The number of halogens is 1. The normalized spacial score (nSPS) is 14.9. The topological polar surface area (TPSA) is 21.3 Å². The molecule has 14 heavy (non-hydrogen) atoms. The molecule has 0 saturated carbocycles. The predicted molar refractivity (Wildman–Crippen MR) is 61.0 cm³/mol. The van der Waals surface area contributed by atoms with E-state index in [0.717, 1.165) is 10.7 Å².